The molecule has 0 saturated heterocycles. The van der Waals surface area contributed by atoms with Gasteiger partial charge in [-0.2, -0.15) is 9.78 Å². The Kier molecular flexibility index (Phi) is 4.03. The summed E-state index contributed by atoms with van der Waals surface area (Å²) in [6, 6.07) is 12.4. The van der Waals surface area contributed by atoms with Gasteiger partial charge in [0, 0.05) is 28.3 Å². The number of H-pyrrole nitrogens is 1. The number of nitrogens with zero attached hydrogens (tertiary/aromatic N) is 6. The average molecular weight is 423 g/mol. The first-order chi connectivity index (χ1) is 14.5. The van der Waals surface area contributed by atoms with Crippen LogP contribution in [0.5, 0.6) is 0 Å². The van der Waals surface area contributed by atoms with Crippen molar-refractivity contribution in [2.45, 2.75) is 6.04 Å². The number of non-ortho nitro benzene ring substituents is 1. The van der Waals surface area contributed by atoms with Gasteiger partial charge in [0.05, 0.1) is 10.6 Å². The van der Waals surface area contributed by atoms with Crippen LogP contribution in [0.4, 0.5) is 17.3 Å². The molecule has 0 bridgehead atoms. The molecule has 2 N–H and O–H groups in total. The van der Waals surface area contributed by atoms with E-state index < -0.39 is 16.5 Å². The monoisotopic (exact) mass is 422 g/mol. The normalized spacial score (nSPS) is 14.5. The third-order valence-electron chi connectivity index (χ3n) is 4.81. The van der Waals surface area contributed by atoms with E-state index in [-0.39, 0.29) is 17.3 Å². The molecule has 4 aromatic rings. The van der Waals surface area contributed by atoms with E-state index in [1.54, 1.807) is 36.4 Å². The van der Waals surface area contributed by atoms with Crippen LogP contribution < -0.4 is 10.9 Å². The topological polar surface area (TPSA) is 145 Å². The number of hydrogen-bond acceptors (Lipinski definition) is 8. The maximum Gasteiger partial charge on any atom is 0.288 e. The van der Waals surface area contributed by atoms with Crippen molar-refractivity contribution in [2.75, 3.05) is 5.32 Å². The van der Waals surface area contributed by atoms with Crippen LogP contribution in [0.15, 0.2) is 53.3 Å². The third kappa shape index (κ3) is 2.79. The Balaban J connectivity index is 1.77. The number of anilines is 2. The van der Waals surface area contributed by atoms with Crippen molar-refractivity contribution in [3.63, 3.8) is 0 Å². The summed E-state index contributed by atoms with van der Waals surface area (Å²) in [5, 5.41) is 33.0. The molecule has 1 aliphatic rings. The van der Waals surface area contributed by atoms with E-state index >= 15 is 0 Å². The number of fused-ring (bicyclic) bond motifs is 2. The quantitative estimate of drug-likeness (QED) is 0.333. The number of nitro benzene ring substituents is 1. The highest BCUT2D eigenvalue weighted by atomic mass is 35.5. The summed E-state index contributed by atoms with van der Waals surface area (Å²) in [5.74, 6) is 0.268. The van der Waals surface area contributed by atoms with E-state index in [4.69, 9.17) is 11.6 Å². The van der Waals surface area contributed by atoms with Crippen LogP contribution in [-0.2, 0) is 0 Å². The summed E-state index contributed by atoms with van der Waals surface area (Å²) in [6.45, 7) is 0. The number of nitrogens with one attached hydrogen (secondary N) is 2. The molecule has 11 nitrogen and oxygen atoms in total. The lowest BCUT2D eigenvalue weighted by Gasteiger charge is -2.27. The molecular formula is C18H11ClN8O3. The zero-order valence-corrected chi connectivity index (χ0v) is 15.7. The van der Waals surface area contributed by atoms with Crippen LogP contribution >= 0.6 is 11.6 Å². The van der Waals surface area contributed by atoms with Crippen molar-refractivity contribution in [2.24, 2.45) is 0 Å². The van der Waals surface area contributed by atoms with Gasteiger partial charge in [-0.3, -0.25) is 14.9 Å². The Morgan fingerprint density at radius 3 is 2.53 bits per heavy atom. The molecule has 0 amide bonds. The summed E-state index contributed by atoms with van der Waals surface area (Å²) >= 11 is 6.01. The Morgan fingerprint density at radius 2 is 1.83 bits per heavy atom. The molecule has 1 aliphatic heterocycles. The van der Waals surface area contributed by atoms with Crippen LogP contribution in [0.2, 0.25) is 5.02 Å². The fraction of sp³-hybridized carbons (Fsp3) is 0.0556. The van der Waals surface area contributed by atoms with E-state index in [0.717, 1.165) is 5.56 Å². The van der Waals surface area contributed by atoms with Crippen molar-refractivity contribution in [1.82, 2.24) is 30.4 Å². The summed E-state index contributed by atoms with van der Waals surface area (Å²) in [4.78, 5) is 23.2. The fourth-order valence-electron chi connectivity index (χ4n) is 3.45. The molecule has 30 heavy (non-hydrogen) atoms. The Labute approximate surface area is 172 Å². The lowest BCUT2D eigenvalue weighted by molar-refractivity contribution is -0.384. The van der Waals surface area contributed by atoms with Gasteiger partial charge in [-0.25, -0.2) is 5.10 Å². The number of hydrogen-bond donors (Lipinski definition) is 2. The van der Waals surface area contributed by atoms with Crippen molar-refractivity contribution in [3.05, 3.63) is 85.1 Å². The molecule has 0 saturated carbocycles. The van der Waals surface area contributed by atoms with Crippen LogP contribution in [-0.4, -0.2) is 35.3 Å². The molecule has 1 atom stereocenters. The molecule has 5 rings (SSSR count). The fourth-order valence-corrected chi connectivity index (χ4v) is 3.58. The van der Waals surface area contributed by atoms with Gasteiger partial charge in [-0.1, -0.05) is 28.8 Å². The number of tetrazole rings is 1. The average Bonchev–Trinajstić information content (AvgIpc) is 3.22. The predicted octanol–water partition coefficient (Wildman–Crippen LogP) is 2.68. The van der Waals surface area contributed by atoms with Gasteiger partial charge in [0.2, 0.25) is 5.95 Å². The lowest BCUT2D eigenvalue weighted by Crippen LogP contribution is -2.29. The highest BCUT2D eigenvalue weighted by molar-refractivity contribution is 6.30. The van der Waals surface area contributed by atoms with E-state index in [2.05, 4.69) is 31.0 Å². The molecule has 148 valence electrons. The zero-order valence-electron chi connectivity index (χ0n) is 15.0. The first kappa shape index (κ1) is 17.9. The van der Waals surface area contributed by atoms with Crippen LogP contribution in [0.1, 0.15) is 17.2 Å². The maximum absolute atomic E-state index is 12.6. The minimum atomic E-state index is -0.632. The van der Waals surface area contributed by atoms with Gasteiger partial charge in [-0.15, -0.1) is 0 Å². The number of rotatable bonds is 3. The summed E-state index contributed by atoms with van der Waals surface area (Å²) in [5.41, 5.74) is 2.17. The number of nitro groups is 1. The summed E-state index contributed by atoms with van der Waals surface area (Å²) < 4.78 is 1.50. The summed E-state index contributed by atoms with van der Waals surface area (Å²) in [7, 11) is 0. The molecule has 0 spiro atoms. The van der Waals surface area contributed by atoms with Crippen molar-refractivity contribution >= 4 is 28.9 Å². The molecule has 0 fully saturated rings. The van der Waals surface area contributed by atoms with Gasteiger partial charge in [0.1, 0.15) is 11.7 Å². The molecule has 3 heterocycles. The predicted molar refractivity (Wildman–Crippen MR) is 107 cm³/mol. The van der Waals surface area contributed by atoms with Crippen LogP contribution in [0.25, 0.3) is 11.3 Å². The first-order valence-corrected chi connectivity index (χ1v) is 9.08. The summed E-state index contributed by atoms with van der Waals surface area (Å²) in [6.07, 6.45) is 0. The van der Waals surface area contributed by atoms with E-state index in [1.807, 2.05) is 0 Å². The Hall–Kier alpha value is -4.12. The third-order valence-corrected chi connectivity index (χ3v) is 5.06. The van der Waals surface area contributed by atoms with E-state index in [9.17, 15) is 14.9 Å². The van der Waals surface area contributed by atoms with Gasteiger partial charge < -0.3 is 5.32 Å². The van der Waals surface area contributed by atoms with Gasteiger partial charge in [-0.05, 0) is 40.3 Å². The van der Waals surface area contributed by atoms with Crippen molar-refractivity contribution < 1.29 is 4.92 Å². The number of aromatic amines is 1. The molecular weight excluding hydrogens is 412 g/mol. The van der Waals surface area contributed by atoms with E-state index in [0.29, 0.717) is 21.8 Å². The lowest BCUT2D eigenvalue weighted by atomic mass is 9.92. The number of benzene rings is 2. The first-order valence-electron chi connectivity index (χ1n) is 8.70. The minimum Gasteiger partial charge on any atom is -0.318 e. The van der Waals surface area contributed by atoms with Crippen molar-refractivity contribution in [1.29, 1.82) is 0 Å². The Bertz CT molecular complexity index is 1330. The molecule has 2 aromatic heterocycles. The zero-order chi connectivity index (χ0) is 20.8. The molecule has 0 radical (unpaired) electrons. The van der Waals surface area contributed by atoms with Crippen LogP contribution in [0.3, 0.4) is 0 Å². The number of aromatic nitrogens is 6. The maximum atomic E-state index is 12.6. The molecule has 12 heteroatoms. The molecule has 2 aromatic carbocycles. The smallest absolute Gasteiger partial charge is 0.288 e. The second-order valence-corrected chi connectivity index (χ2v) is 6.96. The Morgan fingerprint density at radius 1 is 1.10 bits per heavy atom. The molecule has 0 unspecified atom stereocenters. The SMILES string of the molecule is O=c1[nH]nc(-c2ccc(Cl)cc2)c2c1Nc1nnnn1[C@@H]2c1ccc([N+](=O)[O-])cc1. The molecule has 0 aliphatic carbocycles. The second kappa shape index (κ2) is 6.74. The van der Waals surface area contributed by atoms with Crippen LogP contribution in [0, 0.1) is 10.1 Å². The van der Waals surface area contributed by atoms with Gasteiger partial charge in [0.25, 0.3) is 11.2 Å². The van der Waals surface area contributed by atoms with Gasteiger partial charge >= 0.3 is 0 Å². The standard InChI is InChI=1S/C18H11ClN8O3/c19-11-5-1-9(2-6-11)14-13-15(17(28)22-21-14)20-18-23-24-25-26(18)16(13)10-3-7-12(8-4-10)27(29)30/h1-8,16H,(H,22,28)(H,20,23,25)/t16-/m1/s1. The minimum absolute atomic E-state index is 0.0493. The largest absolute Gasteiger partial charge is 0.318 e. The van der Waals surface area contributed by atoms with E-state index in [1.165, 1.54) is 16.8 Å². The highest BCUT2D eigenvalue weighted by Gasteiger charge is 2.34. The van der Waals surface area contributed by atoms with Crippen molar-refractivity contribution in [3.8, 4) is 11.3 Å². The number of halogens is 1. The second-order valence-electron chi connectivity index (χ2n) is 6.52. The van der Waals surface area contributed by atoms with Gasteiger partial charge in [0.15, 0.2) is 0 Å². The highest BCUT2D eigenvalue weighted by Crippen LogP contribution is 2.41.